The number of benzene rings is 6. The molecule has 48 heavy (non-hydrogen) atoms. The zero-order valence-corrected chi connectivity index (χ0v) is 27.8. The predicted octanol–water partition coefficient (Wildman–Crippen LogP) is 12.4. The number of nitrogens with zero attached hydrogens (tertiary/aromatic N) is 2. The van der Waals surface area contributed by atoms with E-state index in [9.17, 15) is 0 Å². The fraction of sp³-hybridized carbons (Fsp3) is 0.0870. The van der Waals surface area contributed by atoms with E-state index in [1.165, 1.54) is 44.2 Å². The van der Waals surface area contributed by atoms with Crippen LogP contribution < -0.4 is 0 Å². The summed E-state index contributed by atoms with van der Waals surface area (Å²) in [6.07, 6.45) is 0. The van der Waals surface area contributed by atoms with Gasteiger partial charge in [0.05, 0.1) is 22.8 Å². The van der Waals surface area contributed by atoms with Crippen LogP contribution in [-0.4, -0.2) is 9.97 Å². The Hall–Kier alpha value is -5.86. The largest absolute Gasteiger partial charge is 0.245 e. The molecule has 0 amide bonds. The van der Waals surface area contributed by atoms with Gasteiger partial charge in [0, 0.05) is 33.0 Å². The number of rotatable bonds is 5. The van der Waals surface area contributed by atoms with Crippen LogP contribution in [0.3, 0.4) is 0 Å². The molecule has 8 rings (SSSR count). The molecule has 8 aromatic rings. The molecule has 2 heteroatoms. The molecule has 2 heterocycles. The standard InChI is InChI=1S/C46H36N2/c1-29-17-5-9-21-33(29)41-37-25-13-15-27-39(37)45(47-43(41)35-23-11-7-19-31(35)3)46-40-28-16-14-26-38(40)42(34-22-10-6-18-30(34)2)44(48-46)36-24-12-8-20-32(36)4/h5-28H,1-4H3. The summed E-state index contributed by atoms with van der Waals surface area (Å²) in [5.74, 6) is 0. The zero-order chi connectivity index (χ0) is 32.8. The highest BCUT2D eigenvalue weighted by Crippen LogP contribution is 2.46. The molecular weight excluding hydrogens is 581 g/mol. The minimum atomic E-state index is 0.892. The van der Waals surface area contributed by atoms with Crippen molar-refractivity contribution >= 4 is 21.5 Å². The minimum absolute atomic E-state index is 0.892. The van der Waals surface area contributed by atoms with E-state index in [1.54, 1.807) is 0 Å². The van der Waals surface area contributed by atoms with Gasteiger partial charge in [0.25, 0.3) is 0 Å². The molecule has 0 fully saturated rings. The smallest absolute Gasteiger partial charge is 0.0979 e. The van der Waals surface area contributed by atoms with Gasteiger partial charge >= 0.3 is 0 Å². The van der Waals surface area contributed by atoms with Gasteiger partial charge in [0.2, 0.25) is 0 Å². The monoisotopic (exact) mass is 616 g/mol. The topological polar surface area (TPSA) is 25.8 Å². The molecule has 2 nitrogen and oxygen atoms in total. The summed E-state index contributed by atoms with van der Waals surface area (Å²) in [6.45, 7) is 8.73. The first kappa shape index (κ1) is 29.5. The van der Waals surface area contributed by atoms with Crippen molar-refractivity contribution in [2.24, 2.45) is 0 Å². The van der Waals surface area contributed by atoms with E-state index in [-0.39, 0.29) is 0 Å². The van der Waals surface area contributed by atoms with Gasteiger partial charge in [0.1, 0.15) is 0 Å². The molecule has 2 aromatic heterocycles. The van der Waals surface area contributed by atoms with Crippen LogP contribution in [0.4, 0.5) is 0 Å². The molecule has 0 aliphatic rings. The second-order valence-electron chi connectivity index (χ2n) is 12.7. The van der Waals surface area contributed by atoms with Gasteiger partial charge in [-0.1, -0.05) is 146 Å². The Morgan fingerprint density at radius 1 is 0.271 bits per heavy atom. The van der Waals surface area contributed by atoms with Crippen molar-refractivity contribution in [3.63, 3.8) is 0 Å². The number of hydrogen-bond donors (Lipinski definition) is 0. The number of hydrogen-bond acceptors (Lipinski definition) is 2. The molecule has 0 bridgehead atoms. The van der Waals surface area contributed by atoms with Crippen LogP contribution >= 0.6 is 0 Å². The quantitative estimate of drug-likeness (QED) is 0.192. The van der Waals surface area contributed by atoms with Gasteiger partial charge in [-0.05, 0) is 71.8 Å². The molecule has 6 aromatic carbocycles. The first-order valence-electron chi connectivity index (χ1n) is 16.6. The molecule has 0 saturated carbocycles. The van der Waals surface area contributed by atoms with Crippen LogP contribution in [0.5, 0.6) is 0 Å². The Morgan fingerprint density at radius 2 is 0.542 bits per heavy atom. The molecular formula is C46H36N2. The Labute approximate surface area is 282 Å². The fourth-order valence-corrected chi connectivity index (χ4v) is 7.21. The van der Waals surface area contributed by atoms with E-state index in [0.717, 1.165) is 55.8 Å². The Kier molecular flexibility index (Phi) is 7.42. The first-order chi connectivity index (χ1) is 23.5. The highest BCUT2D eigenvalue weighted by Gasteiger charge is 2.25. The van der Waals surface area contributed by atoms with E-state index in [2.05, 4.69) is 173 Å². The van der Waals surface area contributed by atoms with Crippen molar-refractivity contribution in [1.82, 2.24) is 9.97 Å². The highest BCUT2D eigenvalue weighted by molar-refractivity contribution is 6.14. The van der Waals surface area contributed by atoms with Crippen LogP contribution in [0.1, 0.15) is 22.3 Å². The van der Waals surface area contributed by atoms with Gasteiger partial charge in [-0.3, -0.25) is 0 Å². The van der Waals surface area contributed by atoms with Gasteiger partial charge in [-0.15, -0.1) is 0 Å². The van der Waals surface area contributed by atoms with Crippen molar-refractivity contribution < 1.29 is 0 Å². The zero-order valence-electron chi connectivity index (χ0n) is 27.8. The van der Waals surface area contributed by atoms with Crippen LogP contribution in [0.15, 0.2) is 146 Å². The normalized spacial score (nSPS) is 11.3. The van der Waals surface area contributed by atoms with E-state index < -0.39 is 0 Å². The number of pyridine rings is 2. The lowest BCUT2D eigenvalue weighted by Gasteiger charge is -2.22. The molecule has 0 radical (unpaired) electrons. The third-order valence-corrected chi connectivity index (χ3v) is 9.68. The number of aromatic nitrogens is 2. The van der Waals surface area contributed by atoms with Crippen molar-refractivity contribution in [3.05, 3.63) is 168 Å². The van der Waals surface area contributed by atoms with Crippen molar-refractivity contribution in [2.75, 3.05) is 0 Å². The van der Waals surface area contributed by atoms with Crippen LogP contribution in [-0.2, 0) is 0 Å². The van der Waals surface area contributed by atoms with Gasteiger partial charge < -0.3 is 0 Å². The van der Waals surface area contributed by atoms with Crippen LogP contribution in [0.2, 0.25) is 0 Å². The minimum Gasteiger partial charge on any atom is -0.245 e. The Balaban J connectivity index is 1.56. The second kappa shape index (κ2) is 12.1. The summed E-state index contributed by atoms with van der Waals surface area (Å²) in [5, 5.41) is 4.51. The lowest BCUT2D eigenvalue weighted by molar-refractivity contribution is 1.27. The van der Waals surface area contributed by atoms with E-state index in [0.29, 0.717) is 0 Å². The molecule has 0 aliphatic heterocycles. The second-order valence-corrected chi connectivity index (χ2v) is 12.7. The van der Waals surface area contributed by atoms with Crippen molar-refractivity contribution in [2.45, 2.75) is 27.7 Å². The fourth-order valence-electron chi connectivity index (χ4n) is 7.21. The maximum Gasteiger partial charge on any atom is 0.0979 e. The van der Waals surface area contributed by atoms with Crippen molar-refractivity contribution in [1.29, 1.82) is 0 Å². The number of aryl methyl sites for hydroxylation is 4. The van der Waals surface area contributed by atoms with Gasteiger partial charge in [-0.2, -0.15) is 0 Å². The lowest BCUT2D eigenvalue weighted by Crippen LogP contribution is -2.02. The third kappa shape index (κ3) is 4.89. The van der Waals surface area contributed by atoms with Crippen LogP contribution in [0.25, 0.3) is 77.7 Å². The summed E-state index contributed by atoms with van der Waals surface area (Å²) < 4.78 is 0. The first-order valence-corrected chi connectivity index (χ1v) is 16.6. The molecule has 230 valence electrons. The maximum atomic E-state index is 5.68. The molecule has 0 unspecified atom stereocenters. The lowest BCUT2D eigenvalue weighted by atomic mass is 9.87. The Bertz CT molecular complexity index is 2330. The predicted molar refractivity (Wildman–Crippen MR) is 203 cm³/mol. The molecule has 0 atom stereocenters. The molecule has 0 saturated heterocycles. The molecule has 0 N–H and O–H groups in total. The van der Waals surface area contributed by atoms with Gasteiger partial charge in [0.15, 0.2) is 0 Å². The van der Waals surface area contributed by atoms with E-state index in [1.807, 2.05) is 0 Å². The summed E-state index contributed by atoms with van der Waals surface area (Å²) >= 11 is 0. The molecule has 0 spiro atoms. The third-order valence-electron chi connectivity index (χ3n) is 9.68. The molecule has 0 aliphatic carbocycles. The average molecular weight is 617 g/mol. The van der Waals surface area contributed by atoms with Gasteiger partial charge in [-0.25, -0.2) is 9.97 Å². The van der Waals surface area contributed by atoms with Crippen molar-refractivity contribution in [3.8, 4) is 56.2 Å². The summed E-state index contributed by atoms with van der Waals surface area (Å²) in [7, 11) is 0. The SMILES string of the molecule is Cc1ccccc1-c1nc(-c2nc(-c3ccccc3C)c(-c3ccccc3C)c3ccccc23)c2ccccc2c1-c1ccccc1C. The summed E-state index contributed by atoms with van der Waals surface area (Å²) in [5.41, 5.74) is 15.5. The summed E-state index contributed by atoms with van der Waals surface area (Å²) in [4.78, 5) is 11.4. The van der Waals surface area contributed by atoms with E-state index in [4.69, 9.17) is 9.97 Å². The summed E-state index contributed by atoms with van der Waals surface area (Å²) in [6, 6.07) is 51.9. The van der Waals surface area contributed by atoms with Crippen LogP contribution in [0, 0.1) is 27.7 Å². The Morgan fingerprint density at radius 3 is 0.875 bits per heavy atom. The number of fused-ring (bicyclic) bond motifs is 2. The maximum absolute atomic E-state index is 5.68. The highest BCUT2D eigenvalue weighted by atomic mass is 14.8. The van der Waals surface area contributed by atoms with E-state index >= 15 is 0 Å². The average Bonchev–Trinajstić information content (AvgIpc) is 3.12.